The molecule has 4 heteroatoms. The molecule has 0 aromatic carbocycles. The Bertz CT molecular complexity index is 315. The lowest BCUT2D eigenvalue weighted by atomic mass is 9.97. The largest absolute Gasteiger partial charge is 0.378 e. The van der Waals surface area contributed by atoms with E-state index in [4.69, 9.17) is 10.5 Å². The van der Waals surface area contributed by atoms with Gasteiger partial charge in [0.2, 0.25) is 0 Å². The van der Waals surface area contributed by atoms with Gasteiger partial charge < -0.3 is 10.5 Å². The average molecular weight is 276 g/mol. The number of rotatable bonds is 2. The maximum atomic E-state index is 6.21. The molecule has 2 N–H and O–H groups in total. The van der Waals surface area contributed by atoms with Crippen molar-refractivity contribution in [3.05, 3.63) is 20.8 Å². The third-order valence-electron chi connectivity index (χ3n) is 2.68. The van der Waals surface area contributed by atoms with Gasteiger partial charge in [-0.2, -0.15) is 0 Å². The number of nitrogens with two attached hydrogens (primary N) is 1. The van der Waals surface area contributed by atoms with E-state index < -0.39 is 0 Å². The molecule has 0 spiro atoms. The van der Waals surface area contributed by atoms with E-state index in [9.17, 15) is 0 Å². The van der Waals surface area contributed by atoms with Crippen LogP contribution in [0.25, 0.3) is 0 Å². The predicted molar refractivity (Wildman–Crippen MR) is 62.5 cm³/mol. The first-order valence-corrected chi connectivity index (χ1v) is 6.46. The first-order chi connectivity index (χ1) is 6.68. The minimum atomic E-state index is 0.120. The molecule has 2 heterocycles. The van der Waals surface area contributed by atoms with Crippen LogP contribution in [-0.4, -0.2) is 12.7 Å². The molecule has 0 amide bonds. The van der Waals surface area contributed by atoms with Crippen LogP contribution in [0.5, 0.6) is 0 Å². The van der Waals surface area contributed by atoms with Crippen LogP contribution in [0.2, 0.25) is 0 Å². The summed E-state index contributed by atoms with van der Waals surface area (Å²) < 4.78 is 6.67. The summed E-state index contributed by atoms with van der Waals surface area (Å²) in [6, 6.07) is 2.17. The molecule has 0 radical (unpaired) electrons. The van der Waals surface area contributed by atoms with Crippen LogP contribution in [0, 0.1) is 5.92 Å². The second-order valence-corrected chi connectivity index (χ2v) is 5.60. The van der Waals surface area contributed by atoms with Gasteiger partial charge in [-0.25, -0.2) is 0 Å². The lowest BCUT2D eigenvalue weighted by Crippen LogP contribution is -2.21. The zero-order valence-corrected chi connectivity index (χ0v) is 10.5. The Labute approximate surface area is 96.6 Å². The Morgan fingerprint density at radius 1 is 1.71 bits per heavy atom. The van der Waals surface area contributed by atoms with Gasteiger partial charge >= 0.3 is 0 Å². The van der Waals surface area contributed by atoms with Crippen LogP contribution in [0.4, 0.5) is 0 Å². The summed E-state index contributed by atoms with van der Waals surface area (Å²) in [6.45, 7) is 2.91. The summed E-state index contributed by atoms with van der Waals surface area (Å²) in [5, 5.41) is 2.07. The first-order valence-electron chi connectivity index (χ1n) is 4.78. The minimum absolute atomic E-state index is 0.120. The summed E-state index contributed by atoms with van der Waals surface area (Å²) in [5.74, 6) is 0.472. The van der Waals surface area contributed by atoms with E-state index in [1.54, 1.807) is 11.3 Å². The molecule has 2 rings (SSSR count). The molecule has 1 aliphatic heterocycles. The van der Waals surface area contributed by atoms with Gasteiger partial charge in [-0.15, -0.1) is 11.3 Å². The topological polar surface area (TPSA) is 35.2 Å². The van der Waals surface area contributed by atoms with Gasteiger partial charge in [-0.3, -0.25) is 0 Å². The lowest BCUT2D eigenvalue weighted by molar-refractivity contribution is 0.118. The first kappa shape index (κ1) is 10.6. The monoisotopic (exact) mass is 275 g/mol. The Morgan fingerprint density at radius 3 is 3.00 bits per heavy atom. The van der Waals surface area contributed by atoms with Crippen molar-refractivity contribution in [1.29, 1.82) is 0 Å². The highest BCUT2D eigenvalue weighted by Gasteiger charge is 2.29. The molecule has 78 valence electrons. The molecule has 3 atom stereocenters. The van der Waals surface area contributed by atoms with Crippen molar-refractivity contribution in [2.75, 3.05) is 6.61 Å². The fourth-order valence-corrected chi connectivity index (χ4v) is 3.59. The molecule has 14 heavy (non-hydrogen) atoms. The third kappa shape index (κ3) is 2.03. The quantitative estimate of drug-likeness (QED) is 0.901. The van der Waals surface area contributed by atoms with Crippen molar-refractivity contribution in [2.45, 2.75) is 25.5 Å². The lowest BCUT2D eigenvalue weighted by Gasteiger charge is -2.16. The highest BCUT2D eigenvalue weighted by molar-refractivity contribution is 9.10. The molecule has 0 aliphatic carbocycles. The number of hydrogen-bond donors (Lipinski definition) is 1. The fourth-order valence-electron chi connectivity index (χ4n) is 1.86. The number of thiophene rings is 1. The van der Waals surface area contributed by atoms with E-state index in [1.807, 2.05) is 0 Å². The zero-order chi connectivity index (χ0) is 10.1. The maximum Gasteiger partial charge on any atom is 0.0551 e. The summed E-state index contributed by atoms with van der Waals surface area (Å²) in [7, 11) is 0. The highest BCUT2D eigenvalue weighted by atomic mass is 79.9. The summed E-state index contributed by atoms with van der Waals surface area (Å²) >= 11 is 5.24. The van der Waals surface area contributed by atoms with E-state index in [0.717, 1.165) is 17.5 Å². The van der Waals surface area contributed by atoms with Crippen molar-refractivity contribution in [1.82, 2.24) is 0 Å². The summed E-state index contributed by atoms with van der Waals surface area (Å²) in [5.41, 5.74) is 6.21. The molecule has 0 saturated carbocycles. The van der Waals surface area contributed by atoms with Crippen molar-refractivity contribution >= 4 is 27.3 Å². The van der Waals surface area contributed by atoms with Crippen molar-refractivity contribution < 1.29 is 4.74 Å². The molecule has 1 fully saturated rings. The molecular weight excluding hydrogens is 262 g/mol. The van der Waals surface area contributed by atoms with Crippen molar-refractivity contribution in [3.8, 4) is 0 Å². The van der Waals surface area contributed by atoms with Crippen LogP contribution in [0.1, 0.15) is 24.3 Å². The van der Waals surface area contributed by atoms with E-state index in [0.29, 0.717) is 12.0 Å². The average Bonchev–Trinajstić information content (AvgIpc) is 2.73. The maximum absolute atomic E-state index is 6.21. The summed E-state index contributed by atoms with van der Waals surface area (Å²) in [6.07, 6.45) is 1.44. The molecule has 3 unspecified atom stereocenters. The van der Waals surface area contributed by atoms with Gasteiger partial charge in [0.25, 0.3) is 0 Å². The molecule has 2 nitrogen and oxygen atoms in total. The zero-order valence-electron chi connectivity index (χ0n) is 8.07. The SMILES string of the molecule is CC1CC(C(N)c2sccc2Br)CO1. The molecule has 1 saturated heterocycles. The van der Waals surface area contributed by atoms with E-state index >= 15 is 0 Å². The van der Waals surface area contributed by atoms with Crippen LogP contribution in [0.15, 0.2) is 15.9 Å². The smallest absolute Gasteiger partial charge is 0.0551 e. The van der Waals surface area contributed by atoms with Gasteiger partial charge in [-0.05, 0) is 40.7 Å². The van der Waals surface area contributed by atoms with Gasteiger partial charge in [0, 0.05) is 21.3 Å². The number of hydrogen-bond acceptors (Lipinski definition) is 3. The van der Waals surface area contributed by atoms with E-state index in [-0.39, 0.29) is 6.04 Å². The second kappa shape index (κ2) is 4.31. The Kier molecular flexibility index (Phi) is 3.27. The van der Waals surface area contributed by atoms with Crippen LogP contribution in [-0.2, 0) is 4.74 Å². The minimum Gasteiger partial charge on any atom is -0.378 e. The van der Waals surface area contributed by atoms with Crippen molar-refractivity contribution in [3.63, 3.8) is 0 Å². The predicted octanol–water partition coefficient (Wildman–Crippen LogP) is 2.94. The van der Waals surface area contributed by atoms with Crippen molar-refractivity contribution in [2.24, 2.45) is 11.7 Å². The van der Waals surface area contributed by atoms with E-state index in [1.165, 1.54) is 4.88 Å². The molecule has 1 aromatic rings. The van der Waals surface area contributed by atoms with Crippen LogP contribution < -0.4 is 5.73 Å². The van der Waals surface area contributed by atoms with Crippen LogP contribution in [0.3, 0.4) is 0 Å². The third-order valence-corrected chi connectivity index (χ3v) is 4.66. The normalized spacial score (nSPS) is 29.4. The molecule has 1 aliphatic rings. The molecule has 0 bridgehead atoms. The standard InChI is InChI=1S/C10H14BrNOS/c1-6-4-7(5-13-6)9(12)10-8(11)2-3-14-10/h2-3,6-7,9H,4-5,12H2,1H3. The van der Waals surface area contributed by atoms with Gasteiger partial charge in [0.1, 0.15) is 0 Å². The summed E-state index contributed by atoms with van der Waals surface area (Å²) in [4.78, 5) is 1.24. The van der Waals surface area contributed by atoms with Crippen LogP contribution >= 0.6 is 27.3 Å². The van der Waals surface area contributed by atoms with Gasteiger partial charge in [0.05, 0.1) is 12.7 Å². The van der Waals surface area contributed by atoms with Gasteiger partial charge in [-0.1, -0.05) is 0 Å². The number of halogens is 1. The highest BCUT2D eigenvalue weighted by Crippen LogP contribution is 2.36. The van der Waals surface area contributed by atoms with Gasteiger partial charge in [0.15, 0.2) is 0 Å². The Hall–Kier alpha value is 0.1000. The fraction of sp³-hybridized carbons (Fsp3) is 0.600. The van der Waals surface area contributed by atoms with E-state index in [2.05, 4.69) is 34.3 Å². The second-order valence-electron chi connectivity index (χ2n) is 3.80. The Balaban J connectivity index is 2.09. The molecule has 1 aromatic heterocycles. The number of ether oxygens (including phenoxy) is 1. The Morgan fingerprint density at radius 2 is 2.50 bits per heavy atom. The molecular formula is C10H14BrNOS.